The van der Waals surface area contributed by atoms with Crippen LogP contribution in [0.1, 0.15) is 29.4 Å². The van der Waals surface area contributed by atoms with E-state index in [1.54, 1.807) is 6.07 Å². The van der Waals surface area contributed by atoms with Crippen LogP contribution in [0.25, 0.3) is 0 Å². The zero-order chi connectivity index (χ0) is 15.6. The number of aryl methyl sites for hydroxylation is 1. The lowest BCUT2D eigenvalue weighted by atomic mass is 10.1. The van der Waals surface area contributed by atoms with Crippen molar-refractivity contribution in [3.05, 3.63) is 46.7 Å². The van der Waals surface area contributed by atoms with Gasteiger partial charge in [-0.2, -0.15) is 5.10 Å². The van der Waals surface area contributed by atoms with Gasteiger partial charge in [-0.15, -0.1) is 0 Å². The Morgan fingerprint density at radius 3 is 2.71 bits per heavy atom. The Morgan fingerprint density at radius 1 is 1.38 bits per heavy atom. The fraction of sp³-hybridized carbons (Fsp3) is 0.286. The number of aromatic nitrogens is 2. The van der Waals surface area contributed by atoms with Gasteiger partial charge in [-0.1, -0.05) is 30.7 Å². The standard InChI is InChI=1S/C14H15ClN2O3S/c1-3-7-17-13(12(15)9-16-17)14(18)10-5-4-6-11(8-10)21(2,19)20/h4-6,8-9H,3,7H2,1-2H3. The van der Waals surface area contributed by atoms with Crippen LogP contribution >= 0.6 is 11.6 Å². The minimum Gasteiger partial charge on any atom is -0.287 e. The first-order chi connectivity index (χ1) is 9.84. The molecule has 0 aliphatic carbocycles. The van der Waals surface area contributed by atoms with Gasteiger partial charge in [0.15, 0.2) is 9.84 Å². The smallest absolute Gasteiger partial charge is 0.212 e. The first-order valence-electron chi connectivity index (χ1n) is 6.40. The molecule has 1 heterocycles. The number of hydrogen-bond acceptors (Lipinski definition) is 4. The van der Waals surface area contributed by atoms with Crippen molar-refractivity contribution in [2.75, 3.05) is 6.26 Å². The van der Waals surface area contributed by atoms with Gasteiger partial charge < -0.3 is 0 Å². The predicted molar refractivity (Wildman–Crippen MR) is 80.5 cm³/mol. The van der Waals surface area contributed by atoms with Crippen LogP contribution in [0.15, 0.2) is 35.4 Å². The third-order valence-electron chi connectivity index (χ3n) is 2.97. The summed E-state index contributed by atoms with van der Waals surface area (Å²) in [4.78, 5) is 12.7. The first kappa shape index (κ1) is 15.7. The van der Waals surface area contributed by atoms with Crippen LogP contribution < -0.4 is 0 Å². The topological polar surface area (TPSA) is 69.0 Å². The predicted octanol–water partition coefficient (Wildman–Crippen LogP) is 2.58. The Balaban J connectivity index is 2.48. The van der Waals surface area contributed by atoms with Crippen LogP contribution in [0.2, 0.25) is 5.02 Å². The fourth-order valence-electron chi connectivity index (χ4n) is 1.97. The minimum absolute atomic E-state index is 0.103. The molecule has 0 unspecified atom stereocenters. The maximum absolute atomic E-state index is 12.6. The van der Waals surface area contributed by atoms with Gasteiger partial charge in [0.1, 0.15) is 5.69 Å². The second-order valence-electron chi connectivity index (χ2n) is 4.69. The van der Waals surface area contributed by atoms with Crippen molar-refractivity contribution < 1.29 is 13.2 Å². The van der Waals surface area contributed by atoms with E-state index in [1.807, 2.05) is 6.92 Å². The number of hydrogen-bond donors (Lipinski definition) is 0. The fourth-order valence-corrected chi connectivity index (χ4v) is 2.87. The summed E-state index contributed by atoms with van der Waals surface area (Å²) in [6, 6.07) is 5.92. The lowest BCUT2D eigenvalue weighted by Crippen LogP contribution is -2.12. The van der Waals surface area contributed by atoms with E-state index in [2.05, 4.69) is 5.10 Å². The molecule has 2 aromatic rings. The Labute approximate surface area is 128 Å². The van der Waals surface area contributed by atoms with Gasteiger partial charge in [-0.25, -0.2) is 8.42 Å². The number of rotatable bonds is 5. The van der Waals surface area contributed by atoms with E-state index in [4.69, 9.17) is 11.6 Å². The molecule has 0 spiro atoms. The number of carbonyl (C=O) groups is 1. The average Bonchev–Trinajstić information content (AvgIpc) is 2.79. The second-order valence-corrected chi connectivity index (χ2v) is 7.12. The van der Waals surface area contributed by atoms with E-state index in [9.17, 15) is 13.2 Å². The van der Waals surface area contributed by atoms with Gasteiger partial charge in [0.2, 0.25) is 5.78 Å². The van der Waals surface area contributed by atoms with Crippen LogP contribution in [0.5, 0.6) is 0 Å². The molecule has 7 heteroatoms. The summed E-state index contributed by atoms with van der Waals surface area (Å²) in [6.45, 7) is 2.54. The monoisotopic (exact) mass is 326 g/mol. The van der Waals surface area contributed by atoms with E-state index in [0.717, 1.165) is 12.7 Å². The van der Waals surface area contributed by atoms with Crippen molar-refractivity contribution in [3.63, 3.8) is 0 Å². The highest BCUT2D eigenvalue weighted by Gasteiger charge is 2.20. The van der Waals surface area contributed by atoms with Crippen LogP contribution in [-0.2, 0) is 16.4 Å². The van der Waals surface area contributed by atoms with Crippen molar-refractivity contribution in [2.24, 2.45) is 0 Å². The van der Waals surface area contributed by atoms with E-state index < -0.39 is 9.84 Å². The zero-order valence-corrected chi connectivity index (χ0v) is 13.3. The molecule has 0 aliphatic rings. The summed E-state index contributed by atoms with van der Waals surface area (Å²) in [5, 5.41) is 4.33. The van der Waals surface area contributed by atoms with E-state index >= 15 is 0 Å². The molecule has 0 aliphatic heterocycles. The third-order valence-corrected chi connectivity index (χ3v) is 4.36. The normalized spacial score (nSPS) is 11.6. The molecule has 2 rings (SSSR count). The largest absolute Gasteiger partial charge is 0.287 e. The Bertz CT molecular complexity index is 781. The molecule has 5 nitrogen and oxygen atoms in total. The Morgan fingerprint density at radius 2 is 2.10 bits per heavy atom. The van der Waals surface area contributed by atoms with Crippen LogP contribution in [0.4, 0.5) is 0 Å². The maximum Gasteiger partial charge on any atom is 0.212 e. The van der Waals surface area contributed by atoms with Crippen molar-refractivity contribution in [1.82, 2.24) is 9.78 Å². The summed E-state index contributed by atoms with van der Waals surface area (Å²) in [6.07, 6.45) is 3.33. The number of ketones is 1. The SMILES string of the molecule is CCCn1ncc(Cl)c1C(=O)c1cccc(S(C)(=O)=O)c1. The molecular formula is C14H15ClN2O3S. The third kappa shape index (κ3) is 3.33. The van der Waals surface area contributed by atoms with Gasteiger partial charge in [0.05, 0.1) is 16.1 Å². The highest BCUT2D eigenvalue weighted by Crippen LogP contribution is 2.21. The molecular weight excluding hydrogens is 312 g/mol. The molecule has 0 saturated heterocycles. The van der Waals surface area contributed by atoms with Gasteiger partial charge in [0, 0.05) is 18.4 Å². The molecule has 0 radical (unpaired) electrons. The first-order valence-corrected chi connectivity index (χ1v) is 8.67. The molecule has 1 aromatic heterocycles. The number of nitrogens with zero attached hydrogens (tertiary/aromatic N) is 2. The summed E-state index contributed by atoms with van der Waals surface area (Å²) in [5.41, 5.74) is 0.557. The van der Waals surface area contributed by atoms with E-state index in [0.29, 0.717) is 6.54 Å². The number of halogens is 1. The summed E-state index contributed by atoms with van der Waals surface area (Å²) >= 11 is 6.03. The lowest BCUT2D eigenvalue weighted by Gasteiger charge is -2.07. The maximum atomic E-state index is 12.6. The molecule has 0 saturated carbocycles. The van der Waals surface area contributed by atoms with Crippen molar-refractivity contribution >= 4 is 27.2 Å². The second kappa shape index (κ2) is 5.99. The van der Waals surface area contributed by atoms with Crippen molar-refractivity contribution in [1.29, 1.82) is 0 Å². The summed E-state index contributed by atoms with van der Waals surface area (Å²) < 4.78 is 24.7. The highest BCUT2D eigenvalue weighted by molar-refractivity contribution is 7.90. The number of benzene rings is 1. The van der Waals surface area contributed by atoms with Crippen LogP contribution in [0, 0.1) is 0 Å². The molecule has 112 valence electrons. The summed E-state index contributed by atoms with van der Waals surface area (Å²) in [7, 11) is -3.37. The summed E-state index contributed by atoms with van der Waals surface area (Å²) in [5.74, 6) is -0.337. The average molecular weight is 327 g/mol. The van der Waals surface area contributed by atoms with Gasteiger partial charge in [0.25, 0.3) is 0 Å². The zero-order valence-electron chi connectivity index (χ0n) is 11.7. The molecule has 0 bridgehead atoms. The van der Waals surface area contributed by atoms with Crippen LogP contribution in [0.3, 0.4) is 0 Å². The minimum atomic E-state index is -3.37. The molecule has 0 fully saturated rings. The van der Waals surface area contributed by atoms with Crippen molar-refractivity contribution in [2.45, 2.75) is 24.8 Å². The highest BCUT2D eigenvalue weighted by atomic mass is 35.5. The molecule has 0 N–H and O–H groups in total. The van der Waals surface area contributed by atoms with Gasteiger partial charge in [-0.3, -0.25) is 9.48 Å². The Hall–Kier alpha value is -1.66. The number of sulfone groups is 1. The molecule has 0 atom stereocenters. The quantitative estimate of drug-likeness (QED) is 0.792. The van der Waals surface area contributed by atoms with Crippen LogP contribution in [-0.4, -0.2) is 30.2 Å². The van der Waals surface area contributed by atoms with Gasteiger partial charge in [-0.05, 0) is 18.6 Å². The van der Waals surface area contributed by atoms with Crippen molar-refractivity contribution in [3.8, 4) is 0 Å². The Kier molecular flexibility index (Phi) is 4.49. The molecule has 1 aromatic carbocycles. The molecule has 21 heavy (non-hydrogen) atoms. The number of carbonyl (C=O) groups excluding carboxylic acids is 1. The van der Waals surface area contributed by atoms with Gasteiger partial charge >= 0.3 is 0 Å². The van der Waals surface area contributed by atoms with E-state index in [-0.39, 0.29) is 27.0 Å². The van der Waals surface area contributed by atoms with E-state index in [1.165, 1.54) is 29.1 Å². The lowest BCUT2D eigenvalue weighted by molar-refractivity contribution is 0.102. The molecule has 0 amide bonds.